The number of ether oxygens (including phenoxy) is 2. The molecule has 0 unspecified atom stereocenters. The van der Waals surface area contributed by atoms with Gasteiger partial charge in [-0.05, 0) is 57.7 Å². The first-order valence-corrected chi connectivity index (χ1v) is 15.3. The lowest BCUT2D eigenvalue weighted by Gasteiger charge is -2.22. The highest BCUT2D eigenvalue weighted by Gasteiger charge is 2.25. The second-order valence-electron chi connectivity index (χ2n) is 9.45. The van der Waals surface area contributed by atoms with E-state index >= 15 is 0 Å². The van der Waals surface area contributed by atoms with E-state index in [2.05, 4.69) is 4.90 Å². The molecular formula is C27H36N4O5S2. The van der Waals surface area contributed by atoms with Crippen LogP contribution in [0.15, 0.2) is 41.3 Å². The topological polar surface area (TPSA) is 92.3 Å². The van der Waals surface area contributed by atoms with Crippen molar-refractivity contribution in [2.24, 2.45) is 0 Å². The standard InChI is InChI=1S/C27H36N4O5S2/c1-5-7-14-30(6-2)38(33,34)21-11-9-20(10-12-21)26(32)31(15-8-13-29(3)4)27-28-22-18-23-24(19-25(22)37-27)36-17-16-35-23/h9-12,18-19H,5-8,13-17H2,1-4H3. The molecule has 0 bridgehead atoms. The summed E-state index contributed by atoms with van der Waals surface area (Å²) in [6.07, 6.45) is 2.47. The number of hydrogen-bond donors (Lipinski definition) is 0. The highest BCUT2D eigenvalue weighted by Crippen LogP contribution is 2.39. The van der Waals surface area contributed by atoms with Crippen LogP contribution in [0.25, 0.3) is 10.2 Å². The van der Waals surface area contributed by atoms with Crippen LogP contribution in [0, 0.1) is 0 Å². The van der Waals surface area contributed by atoms with Gasteiger partial charge in [-0.2, -0.15) is 4.31 Å². The normalized spacial score (nSPS) is 13.4. The molecule has 0 N–H and O–H groups in total. The van der Waals surface area contributed by atoms with Crippen LogP contribution in [0.3, 0.4) is 0 Å². The summed E-state index contributed by atoms with van der Waals surface area (Å²) < 4.78 is 40.0. The lowest BCUT2D eigenvalue weighted by molar-refractivity contribution is 0.0986. The molecule has 38 heavy (non-hydrogen) atoms. The summed E-state index contributed by atoms with van der Waals surface area (Å²) in [5.74, 6) is 1.12. The Hall–Kier alpha value is -2.73. The predicted octanol–water partition coefficient (Wildman–Crippen LogP) is 4.48. The van der Waals surface area contributed by atoms with Crippen molar-refractivity contribution in [1.82, 2.24) is 14.2 Å². The fraction of sp³-hybridized carbons (Fsp3) is 0.481. The van der Waals surface area contributed by atoms with E-state index < -0.39 is 10.0 Å². The van der Waals surface area contributed by atoms with Crippen LogP contribution in [0.1, 0.15) is 43.5 Å². The number of fused-ring (bicyclic) bond motifs is 2. The maximum atomic E-state index is 13.7. The summed E-state index contributed by atoms with van der Waals surface area (Å²) in [5.41, 5.74) is 1.16. The largest absolute Gasteiger partial charge is 0.486 e. The zero-order chi connectivity index (χ0) is 27.3. The molecule has 206 valence electrons. The molecule has 9 nitrogen and oxygen atoms in total. The summed E-state index contributed by atoms with van der Waals surface area (Å²) in [6, 6.07) is 9.99. The number of rotatable bonds is 12. The van der Waals surface area contributed by atoms with E-state index in [0.29, 0.717) is 55.0 Å². The molecule has 3 aromatic rings. The van der Waals surface area contributed by atoms with Crippen LogP contribution in [-0.4, -0.2) is 82.0 Å². The second kappa shape index (κ2) is 12.4. The quantitative estimate of drug-likeness (QED) is 0.323. The molecule has 0 spiro atoms. The zero-order valence-corrected chi connectivity index (χ0v) is 24.1. The van der Waals surface area contributed by atoms with Gasteiger partial charge in [0.2, 0.25) is 10.0 Å². The summed E-state index contributed by atoms with van der Waals surface area (Å²) in [4.78, 5) is 22.4. The Morgan fingerprint density at radius 3 is 2.29 bits per heavy atom. The lowest BCUT2D eigenvalue weighted by Crippen LogP contribution is -2.34. The van der Waals surface area contributed by atoms with Crippen LogP contribution in [-0.2, 0) is 10.0 Å². The number of thiazole rings is 1. The van der Waals surface area contributed by atoms with Crippen molar-refractivity contribution >= 4 is 42.6 Å². The fourth-order valence-corrected chi connectivity index (χ4v) is 6.74. The van der Waals surface area contributed by atoms with Gasteiger partial charge in [0.15, 0.2) is 16.6 Å². The smallest absolute Gasteiger partial charge is 0.260 e. The van der Waals surface area contributed by atoms with Gasteiger partial charge in [-0.3, -0.25) is 9.69 Å². The summed E-state index contributed by atoms with van der Waals surface area (Å²) in [6.45, 7) is 7.03. The number of nitrogens with zero attached hydrogens (tertiary/aromatic N) is 4. The molecule has 0 fully saturated rings. The van der Waals surface area contributed by atoms with Crippen LogP contribution in [0.4, 0.5) is 5.13 Å². The third-order valence-electron chi connectivity index (χ3n) is 6.36. The zero-order valence-electron chi connectivity index (χ0n) is 22.5. The second-order valence-corrected chi connectivity index (χ2v) is 12.4. The molecule has 11 heteroatoms. The van der Waals surface area contributed by atoms with Gasteiger partial charge in [0, 0.05) is 37.3 Å². The maximum Gasteiger partial charge on any atom is 0.260 e. The molecule has 1 amide bonds. The van der Waals surface area contributed by atoms with E-state index in [1.54, 1.807) is 17.0 Å². The van der Waals surface area contributed by atoms with Gasteiger partial charge in [-0.25, -0.2) is 13.4 Å². The van der Waals surface area contributed by atoms with E-state index in [-0.39, 0.29) is 10.8 Å². The number of carbonyl (C=O) groups is 1. The van der Waals surface area contributed by atoms with Gasteiger partial charge < -0.3 is 14.4 Å². The lowest BCUT2D eigenvalue weighted by atomic mass is 10.2. The monoisotopic (exact) mass is 560 g/mol. The van der Waals surface area contributed by atoms with E-state index in [1.807, 2.05) is 40.1 Å². The summed E-state index contributed by atoms with van der Waals surface area (Å²) in [7, 11) is 0.369. The predicted molar refractivity (Wildman–Crippen MR) is 151 cm³/mol. The number of benzene rings is 2. The van der Waals surface area contributed by atoms with Gasteiger partial charge in [-0.15, -0.1) is 0 Å². The average Bonchev–Trinajstić information content (AvgIpc) is 3.32. The molecule has 2 heterocycles. The number of carbonyl (C=O) groups excluding carboxylic acids is 1. The molecule has 0 saturated heterocycles. The first-order valence-electron chi connectivity index (χ1n) is 13.0. The van der Waals surface area contributed by atoms with Crippen LogP contribution in [0.5, 0.6) is 11.5 Å². The Balaban J connectivity index is 1.62. The third kappa shape index (κ3) is 6.28. The highest BCUT2D eigenvalue weighted by molar-refractivity contribution is 7.89. The Morgan fingerprint density at radius 1 is 0.974 bits per heavy atom. The van der Waals surface area contributed by atoms with E-state index in [1.165, 1.54) is 27.8 Å². The van der Waals surface area contributed by atoms with E-state index in [9.17, 15) is 13.2 Å². The van der Waals surface area contributed by atoms with E-state index in [4.69, 9.17) is 14.5 Å². The van der Waals surface area contributed by atoms with Gasteiger partial charge in [0.1, 0.15) is 13.2 Å². The molecule has 0 radical (unpaired) electrons. The molecule has 1 aliphatic heterocycles. The Morgan fingerprint density at radius 2 is 1.66 bits per heavy atom. The minimum atomic E-state index is -3.62. The molecule has 2 aromatic carbocycles. The Bertz CT molecular complexity index is 1310. The SMILES string of the molecule is CCCCN(CC)S(=O)(=O)c1ccc(C(=O)N(CCCN(C)C)c2nc3cc4c(cc3s2)OCCO4)cc1. The van der Waals surface area contributed by atoms with E-state index in [0.717, 1.165) is 36.0 Å². The Labute approximate surface area is 229 Å². The number of amides is 1. The van der Waals surface area contributed by atoms with Gasteiger partial charge in [0.05, 0.1) is 15.1 Å². The molecule has 1 aromatic heterocycles. The van der Waals surface area contributed by atoms with Crippen molar-refractivity contribution in [3.8, 4) is 11.5 Å². The molecule has 0 atom stereocenters. The van der Waals surface area contributed by atoms with Crippen LogP contribution >= 0.6 is 11.3 Å². The number of aromatic nitrogens is 1. The minimum Gasteiger partial charge on any atom is -0.486 e. The van der Waals surface area contributed by atoms with Gasteiger partial charge in [0.25, 0.3) is 5.91 Å². The molecule has 0 saturated carbocycles. The van der Waals surface area contributed by atoms with Crippen LogP contribution in [0.2, 0.25) is 0 Å². The highest BCUT2D eigenvalue weighted by atomic mass is 32.2. The Kier molecular flexibility index (Phi) is 9.24. The van der Waals surface area contributed by atoms with Crippen molar-refractivity contribution in [3.05, 3.63) is 42.0 Å². The molecule has 4 rings (SSSR count). The summed E-state index contributed by atoms with van der Waals surface area (Å²) >= 11 is 1.42. The van der Waals surface area contributed by atoms with Crippen molar-refractivity contribution in [2.45, 2.75) is 38.0 Å². The number of anilines is 1. The summed E-state index contributed by atoms with van der Waals surface area (Å²) in [5, 5.41) is 0.583. The van der Waals surface area contributed by atoms with Crippen molar-refractivity contribution in [2.75, 3.05) is 58.4 Å². The minimum absolute atomic E-state index is 0.191. The first-order chi connectivity index (χ1) is 18.2. The van der Waals surface area contributed by atoms with Crippen molar-refractivity contribution in [3.63, 3.8) is 0 Å². The van der Waals surface area contributed by atoms with Crippen molar-refractivity contribution < 1.29 is 22.7 Å². The fourth-order valence-electron chi connectivity index (χ4n) is 4.25. The van der Waals surface area contributed by atoms with Gasteiger partial charge in [-0.1, -0.05) is 31.6 Å². The maximum absolute atomic E-state index is 13.7. The third-order valence-corrected chi connectivity index (χ3v) is 9.39. The van der Waals surface area contributed by atoms with Gasteiger partial charge >= 0.3 is 0 Å². The average molecular weight is 561 g/mol. The number of hydrogen-bond acceptors (Lipinski definition) is 8. The molecule has 1 aliphatic rings. The number of unbranched alkanes of at least 4 members (excludes halogenated alkanes) is 1. The molecule has 0 aliphatic carbocycles. The number of sulfonamides is 1. The first kappa shape index (κ1) is 28.3. The van der Waals surface area contributed by atoms with Crippen molar-refractivity contribution in [1.29, 1.82) is 0 Å². The van der Waals surface area contributed by atoms with Crippen LogP contribution < -0.4 is 14.4 Å². The molecular weight excluding hydrogens is 524 g/mol.